The minimum Gasteiger partial charge on any atom is -0.313 e. The van der Waals surface area contributed by atoms with Gasteiger partial charge >= 0.3 is 6.18 Å². The fraction of sp³-hybridized carbons (Fsp3) is 0.600. The molecule has 0 fully saturated rings. The monoisotopic (exact) mass is 306 g/mol. The summed E-state index contributed by atoms with van der Waals surface area (Å²) in [6, 6.07) is 3.09. The van der Waals surface area contributed by atoms with Gasteiger partial charge in [0, 0.05) is 12.1 Å². The van der Waals surface area contributed by atoms with Crippen molar-refractivity contribution in [2.24, 2.45) is 0 Å². The van der Waals surface area contributed by atoms with Gasteiger partial charge in [-0.2, -0.15) is 13.2 Å². The quantitative estimate of drug-likeness (QED) is 0.618. The first-order chi connectivity index (χ1) is 9.59. The summed E-state index contributed by atoms with van der Waals surface area (Å²) < 4.78 is 50.8. The maximum atomic E-state index is 13.1. The zero-order valence-electron chi connectivity index (χ0n) is 12.6. The molecule has 6 heteroatoms. The first-order valence-electron chi connectivity index (χ1n) is 6.91. The van der Waals surface area contributed by atoms with E-state index < -0.39 is 17.6 Å². The predicted molar refractivity (Wildman–Crippen MR) is 75.5 cm³/mol. The molecular formula is C15H22F4N2. The Hall–Kier alpha value is -1.14. The van der Waals surface area contributed by atoms with Crippen LogP contribution in [0.2, 0.25) is 0 Å². The van der Waals surface area contributed by atoms with Gasteiger partial charge in [0.05, 0.1) is 5.56 Å². The standard InChI is InChI=1S/C15H22F4N2/c1-14(2,3)21-8-4-7-20-10-11-5-6-13(16)12(9-11)15(17,18)19/h5-6,9,20-21H,4,7-8,10H2,1-3H3. The minimum absolute atomic E-state index is 0.0541. The van der Waals surface area contributed by atoms with E-state index in [0.717, 1.165) is 25.1 Å². The van der Waals surface area contributed by atoms with E-state index in [1.54, 1.807) is 0 Å². The fourth-order valence-corrected chi connectivity index (χ4v) is 1.81. The molecule has 0 aliphatic rings. The molecule has 0 radical (unpaired) electrons. The maximum absolute atomic E-state index is 13.1. The average Bonchev–Trinajstić information content (AvgIpc) is 2.32. The van der Waals surface area contributed by atoms with Crippen LogP contribution in [0.15, 0.2) is 18.2 Å². The number of alkyl halides is 3. The molecule has 0 unspecified atom stereocenters. The summed E-state index contributed by atoms with van der Waals surface area (Å²) in [5, 5.41) is 6.37. The summed E-state index contributed by atoms with van der Waals surface area (Å²) in [4.78, 5) is 0. The van der Waals surface area contributed by atoms with Crippen LogP contribution in [0.5, 0.6) is 0 Å². The Morgan fingerprint density at radius 1 is 1.05 bits per heavy atom. The predicted octanol–water partition coefficient (Wildman–Crippen LogP) is 3.71. The number of hydrogen-bond donors (Lipinski definition) is 2. The fourth-order valence-electron chi connectivity index (χ4n) is 1.81. The molecular weight excluding hydrogens is 284 g/mol. The molecule has 0 aromatic heterocycles. The maximum Gasteiger partial charge on any atom is 0.419 e. The third-order valence-electron chi connectivity index (χ3n) is 2.85. The molecule has 0 atom stereocenters. The van der Waals surface area contributed by atoms with Gasteiger partial charge in [-0.1, -0.05) is 6.07 Å². The van der Waals surface area contributed by atoms with Crippen molar-refractivity contribution >= 4 is 0 Å². The van der Waals surface area contributed by atoms with Crippen molar-refractivity contribution in [1.29, 1.82) is 0 Å². The van der Waals surface area contributed by atoms with Gasteiger partial charge in [0.2, 0.25) is 0 Å². The lowest BCUT2D eigenvalue weighted by Gasteiger charge is -2.20. The Morgan fingerprint density at radius 3 is 2.29 bits per heavy atom. The molecule has 0 saturated heterocycles. The Bertz CT molecular complexity index is 450. The Balaban J connectivity index is 2.40. The molecule has 21 heavy (non-hydrogen) atoms. The Kier molecular flexibility index (Phi) is 6.16. The smallest absolute Gasteiger partial charge is 0.313 e. The van der Waals surface area contributed by atoms with Gasteiger partial charge in [-0.25, -0.2) is 4.39 Å². The van der Waals surface area contributed by atoms with E-state index in [0.29, 0.717) is 18.7 Å². The van der Waals surface area contributed by atoms with Crippen molar-refractivity contribution in [3.8, 4) is 0 Å². The largest absolute Gasteiger partial charge is 0.419 e. The van der Waals surface area contributed by atoms with E-state index in [1.165, 1.54) is 6.07 Å². The van der Waals surface area contributed by atoms with Crippen molar-refractivity contribution in [3.63, 3.8) is 0 Å². The van der Waals surface area contributed by atoms with Gasteiger partial charge in [-0.05, 0) is 58.0 Å². The van der Waals surface area contributed by atoms with Gasteiger partial charge in [0.15, 0.2) is 0 Å². The normalized spacial score (nSPS) is 12.7. The van der Waals surface area contributed by atoms with Gasteiger partial charge in [-0.3, -0.25) is 0 Å². The van der Waals surface area contributed by atoms with Crippen LogP contribution in [0.1, 0.15) is 38.3 Å². The average molecular weight is 306 g/mol. The van der Waals surface area contributed by atoms with Gasteiger partial charge in [-0.15, -0.1) is 0 Å². The van der Waals surface area contributed by atoms with Crippen molar-refractivity contribution in [3.05, 3.63) is 35.1 Å². The summed E-state index contributed by atoms with van der Waals surface area (Å²) in [7, 11) is 0. The zero-order valence-corrected chi connectivity index (χ0v) is 12.6. The number of rotatable bonds is 6. The third kappa shape index (κ3) is 6.91. The van der Waals surface area contributed by atoms with Gasteiger partial charge < -0.3 is 10.6 Å². The van der Waals surface area contributed by atoms with Gasteiger partial charge in [0.1, 0.15) is 5.82 Å². The van der Waals surface area contributed by atoms with Crippen LogP contribution in [0.3, 0.4) is 0 Å². The second kappa shape index (κ2) is 7.22. The van der Waals surface area contributed by atoms with Crippen molar-refractivity contribution in [2.75, 3.05) is 13.1 Å². The van der Waals surface area contributed by atoms with E-state index in [4.69, 9.17) is 0 Å². The number of nitrogens with one attached hydrogen (secondary N) is 2. The molecule has 0 spiro atoms. The Morgan fingerprint density at radius 2 is 1.71 bits per heavy atom. The minimum atomic E-state index is -4.66. The van der Waals surface area contributed by atoms with Crippen molar-refractivity contribution < 1.29 is 17.6 Å². The highest BCUT2D eigenvalue weighted by Gasteiger charge is 2.34. The molecule has 0 amide bonds. The summed E-state index contributed by atoms with van der Waals surface area (Å²) in [5.41, 5.74) is -0.734. The number of benzene rings is 1. The molecule has 0 bridgehead atoms. The van der Waals surface area contributed by atoms with Crippen LogP contribution < -0.4 is 10.6 Å². The summed E-state index contributed by atoms with van der Waals surface area (Å²) in [6.07, 6.45) is -3.79. The van der Waals surface area contributed by atoms with Crippen LogP contribution in [-0.2, 0) is 12.7 Å². The zero-order chi connectivity index (χ0) is 16.1. The highest BCUT2D eigenvalue weighted by molar-refractivity contribution is 5.27. The molecule has 120 valence electrons. The van der Waals surface area contributed by atoms with E-state index >= 15 is 0 Å². The van der Waals surface area contributed by atoms with E-state index in [1.807, 2.05) is 0 Å². The molecule has 2 N–H and O–H groups in total. The summed E-state index contributed by atoms with van der Waals surface area (Å²) in [6.45, 7) is 8.00. The second-order valence-corrected chi connectivity index (χ2v) is 6.02. The SMILES string of the molecule is CC(C)(C)NCCCNCc1ccc(F)c(C(F)(F)F)c1. The third-order valence-corrected chi connectivity index (χ3v) is 2.85. The van der Waals surface area contributed by atoms with Crippen LogP contribution in [0.4, 0.5) is 17.6 Å². The lowest BCUT2D eigenvalue weighted by atomic mass is 10.1. The van der Waals surface area contributed by atoms with Gasteiger partial charge in [0.25, 0.3) is 0 Å². The topological polar surface area (TPSA) is 24.1 Å². The lowest BCUT2D eigenvalue weighted by molar-refractivity contribution is -0.140. The second-order valence-electron chi connectivity index (χ2n) is 6.02. The highest BCUT2D eigenvalue weighted by Crippen LogP contribution is 2.31. The van der Waals surface area contributed by atoms with Crippen LogP contribution in [0, 0.1) is 5.82 Å². The summed E-state index contributed by atoms with van der Waals surface area (Å²) >= 11 is 0. The molecule has 1 aromatic rings. The molecule has 0 saturated carbocycles. The highest BCUT2D eigenvalue weighted by atomic mass is 19.4. The molecule has 0 aliphatic carbocycles. The molecule has 0 aliphatic heterocycles. The first-order valence-corrected chi connectivity index (χ1v) is 6.91. The van der Waals surface area contributed by atoms with Crippen molar-refractivity contribution in [2.45, 2.75) is 45.5 Å². The van der Waals surface area contributed by atoms with Crippen LogP contribution in [0.25, 0.3) is 0 Å². The molecule has 1 rings (SSSR count). The summed E-state index contributed by atoms with van der Waals surface area (Å²) in [5.74, 6) is -1.24. The van der Waals surface area contributed by atoms with E-state index in [9.17, 15) is 17.6 Å². The number of hydrogen-bond acceptors (Lipinski definition) is 2. The molecule has 2 nitrogen and oxygen atoms in total. The number of halogens is 4. The molecule has 1 aromatic carbocycles. The van der Waals surface area contributed by atoms with E-state index in [2.05, 4.69) is 31.4 Å². The van der Waals surface area contributed by atoms with Crippen LogP contribution in [-0.4, -0.2) is 18.6 Å². The molecule has 0 heterocycles. The lowest BCUT2D eigenvalue weighted by Crippen LogP contribution is -2.37. The van der Waals surface area contributed by atoms with Crippen LogP contribution >= 0.6 is 0 Å². The van der Waals surface area contributed by atoms with E-state index in [-0.39, 0.29) is 5.54 Å². The first kappa shape index (κ1) is 17.9. The van der Waals surface area contributed by atoms with Crippen molar-refractivity contribution in [1.82, 2.24) is 10.6 Å². The Labute approximate surface area is 122 Å².